The highest BCUT2D eigenvalue weighted by Crippen LogP contribution is 2.17. The van der Waals surface area contributed by atoms with E-state index in [1.54, 1.807) is 6.92 Å². The largest absolute Gasteiger partial charge is 0.356 e. The number of carbonyl (C=O) groups excluding carboxylic acids is 1. The zero-order valence-corrected chi connectivity index (χ0v) is 10.9. The number of piperidine rings is 1. The monoisotopic (exact) mass is 239 g/mol. The van der Waals surface area contributed by atoms with Crippen LogP contribution in [0.3, 0.4) is 0 Å². The van der Waals surface area contributed by atoms with Crippen molar-refractivity contribution in [2.24, 2.45) is 5.92 Å². The minimum absolute atomic E-state index is 0.0996. The van der Waals surface area contributed by atoms with E-state index in [1.807, 2.05) is 0 Å². The Morgan fingerprint density at radius 1 is 1.35 bits per heavy atom. The Balaban J connectivity index is 1.61. The summed E-state index contributed by atoms with van der Waals surface area (Å²) in [5.74, 6) is 0.786. The van der Waals surface area contributed by atoms with Crippen molar-refractivity contribution in [1.82, 2.24) is 15.5 Å². The number of likely N-dealkylation sites (tertiary alicyclic amines) is 1. The van der Waals surface area contributed by atoms with Crippen LogP contribution in [0.1, 0.15) is 32.6 Å². The Morgan fingerprint density at radius 3 is 2.71 bits per heavy atom. The van der Waals surface area contributed by atoms with Gasteiger partial charge in [0.25, 0.3) is 0 Å². The fraction of sp³-hybridized carbons (Fsp3) is 0.923. The summed E-state index contributed by atoms with van der Waals surface area (Å²) >= 11 is 0. The van der Waals surface area contributed by atoms with E-state index in [0.717, 1.165) is 12.6 Å². The van der Waals surface area contributed by atoms with Gasteiger partial charge in [-0.05, 0) is 51.2 Å². The van der Waals surface area contributed by atoms with Crippen molar-refractivity contribution in [3.05, 3.63) is 0 Å². The zero-order valence-electron chi connectivity index (χ0n) is 10.9. The minimum atomic E-state index is 0.0996. The van der Waals surface area contributed by atoms with E-state index in [2.05, 4.69) is 15.5 Å². The lowest BCUT2D eigenvalue weighted by Crippen LogP contribution is -2.43. The lowest BCUT2D eigenvalue weighted by Gasteiger charge is -2.33. The molecule has 0 radical (unpaired) electrons. The average Bonchev–Trinajstić information content (AvgIpc) is 2.81. The summed E-state index contributed by atoms with van der Waals surface area (Å²) in [5, 5.41) is 6.49. The Labute approximate surface area is 104 Å². The normalized spacial score (nSPS) is 27.2. The van der Waals surface area contributed by atoms with Crippen LogP contribution in [-0.2, 0) is 4.79 Å². The van der Waals surface area contributed by atoms with Crippen molar-refractivity contribution >= 4 is 5.91 Å². The van der Waals surface area contributed by atoms with Gasteiger partial charge in [-0.15, -0.1) is 0 Å². The molecule has 98 valence electrons. The maximum Gasteiger partial charge on any atom is 0.216 e. The van der Waals surface area contributed by atoms with Gasteiger partial charge >= 0.3 is 0 Å². The Hall–Kier alpha value is -0.610. The van der Waals surface area contributed by atoms with Crippen LogP contribution in [0.15, 0.2) is 0 Å². The van der Waals surface area contributed by atoms with Crippen LogP contribution in [0.4, 0.5) is 0 Å². The smallest absolute Gasteiger partial charge is 0.216 e. The first-order chi connectivity index (χ1) is 8.24. The number of nitrogens with one attached hydrogen (secondary N) is 2. The summed E-state index contributed by atoms with van der Waals surface area (Å²) in [6, 6.07) is 0.724. The Kier molecular flexibility index (Phi) is 4.80. The second-order valence-electron chi connectivity index (χ2n) is 5.47. The van der Waals surface area contributed by atoms with Crippen molar-refractivity contribution in [3.63, 3.8) is 0 Å². The van der Waals surface area contributed by atoms with E-state index in [4.69, 9.17) is 0 Å². The van der Waals surface area contributed by atoms with Gasteiger partial charge in [0.1, 0.15) is 0 Å². The molecule has 1 unspecified atom stereocenters. The lowest BCUT2D eigenvalue weighted by atomic mass is 9.96. The van der Waals surface area contributed by atoms with Gasteiger partial charge in [-0.2, -0.15) is 0 Å². The number of hydrogen-bond acceptors (Lipinski definition) is 3. The van der Waals surface area contributed by atoms with Crippen molar-refractivity contribution in [2.45, 2.75) is 38.6 Å². The van der Waals surface area contributed by atoms with Gasteiger partial charge in [0.05, 0.1) is 0 Å². The number of amides is 1. The molecule has 0 aliphatic carbocycles. The molecule has 0 spiro atoms. The number of hydrogen-bond donors (Lipinski definition) is 2. The fourth-order valence-corrected chi connectivity index (χ4v) is 2.89. The Bertz CT molecular complexity index is 243. The predicted molar refractivity (Wildman–Crippen MR) is 68.9 cm³/mol. The number of carbonyl (C=O) groups is 1. The number of rotatable bonds is 4. The van der Waals surface area contributed by atoms with E-state index in [-0.39, 0.29) is 5.91 Å². The third-order valence-corrected chi connectivity index (χ3v) is 3.99. The minimum Gasteiger partial charge on any atom is -0.356 e. The van der Waals surface area contributed by atoms with Crippen LogP contribution in [0.2, 0.25) is 0 Å². The third-order valence-electron chi connectivity index (χ3n) is 3.99. The van der Waals surface area contributed by atoms with Crippen LogP contribution in [0, 0.1) is 5.92 Å². The third kappa shape index (κ3) is 4.28. The summed E-state index contributed by atoms with van der Waals surface area (Å²) in [5.41, 5.74) is 0. The molecule has 2 aliphatic rings. The highest BCUT2D eigenvalue weighted by Gasteiger charge is 2.22. The van der Waals surface area contributed by atoms with Gasteiger partial charge in [0.2, 0.25) is 5.91 Å². The van der Waals surface area contributed by atoms with Gasteiger partial charge in [-0.25, -0.2) is 0 Å². The highest BCUT2D eigenvalue weighted by atomic mass is 16.1. The molecule has 2 rings (SSSR count). The van der Waals surface area contributed by atoms with Gasteiger partial charge in [-0.1, -0.05) is 0 Å². The van der Waals surface area contributed by atoms with Gasteiger partial charge in [0.15, 0.2) is 0 Å². The van der Waals surface area contributed by atoms with Crippen molar-refractivity contribution < 1.29 is 4.79 Å². The molecule has 2 saturated heterocycles. The SMILES string of the molecule is CC(=O)NCC1CCN(CC2CCCN2)CC1. The summed E-state index contributed by atoms with van der Waals surface area (Å²) in [7, 11) is 0. The summed E-state index contributed by atoms with van der Waals surface area (Å²) in [6.45, 7) is 7.27. The van der Waals surface area contributed by atoms with E-state index in [0.29, 0.717) is 5.92 Å². The molecule has 2 heterocycles. The van der Waals surface area contributed by atoms with Gasteiger partial charge in [-0.3, -0.25) is 4.79 Å². The molecule has 0 aromatic carbocycles. The second kappa shape index (κ2) is 6.36. The summed E-state index contributed by atoms with van der Waals surface area (Å²) in [6.07, 6.45) is 5.13. The topological polar surface area (TPSA) is 44.4 Å². The average molecular weight is 239 g/mol. The molecular weight excluding hydrogens is 214 g/mol. The lowest BCUT2D eigenvalue weighted by molar-refractivity contribution is -0.119. The molecular formula is C13H25N3O. The molecule has 0 aromatic heterocycles. The first kappa shape index (κ1) is 12.8. The first-order valence-corrected chi connectivity index (χ1v) is 6.94. The van der Waals surface area contributed by atoms with Gasteiger partial charge in [0, 0.05) is 26.1 Å². The first-order valence-electron chi connectivity index (χ1n) is 6.94. The molecule has 1 atom stereocenters. The Morgan fingerprint density at radius 2 is 2.12 bits per heavy atom. The maximum atomic E-state index is 10.9. The van der Waals surface area contributed by atoms with Crippen molar-refractivity contribution in [3.8, 4) is 0 Å². The summed E-state index contributed by atoms with van der Waals surface area (Å²) < 4.78 is 0. The van der Waals surface area contributed by atoms with Crippen LogP contribution >= 0.6 is 0 Å². The molecule has 2 aliphatic heterocycles. The quantitative estimate of drug-likeness (QED) is 0.754. The van der Waals surface area contributed by atoms with Crippen LogP contribution < -0.4 is 10.6 Å². The second-order valence-corrected chi connectivity index (χ2v) is 5.47. The molecule has 0 aromatic rings. The molecule has 1 amide bonds. The predicted octanol–water partition coefficient (Wildman–Crippen LogP) is 0.587. The van der Waals surface area contributed by atoms with E-state index >= 15 is 0 Å². The van der Waals surface area contributed by atoms with Crippen molar-refractivity contribution in [1.29, 1.82) is 0 Å². The molecule has 4 heteroatoms. The maximum absolute atomic E-state index is 10.9. The van der Waals surface area contributed by atoms with Crippen LogP contribution in [0.25, 0.3) is 0 Å². The molecule has 0 saturated carbocycles. The van der Waals surface area contributed by atoms with E-state index in [9.17, 15) is 4.79 Å². The van der Waals surface area contributed by atoms with E-state index < -0.39 is 0 Å². The van der Waals surface area contributed by atoms with Crippen LogP contribution in [0.5, 0.6) is 0 Å². The van der Waals surface area contributed by atoms with Crippen molar-refractivity contribution in [2.75, 3.05) is 32.7 Å². The zero-order chi connectivity index (χ0) is 12.1. The molecule has 0 bridgehead atoms. The highest BCUT2D eigenvalue weighted by molar-refractivity contribution is 5.72. The molecule has 2 fully saturated rings. The standard InChI is InChI=1S/C13H25N3O/c1-11(17)15-9-12-4-7-16(8-5-12)10-13-3-2-6-14-13/h12-14H,2-10H2,1H3,(H,15,17). The van der Waals surface area contributed by atoms with Gasteiger partial charge < -0.3 is 15.5 Å². The molecule has 4 nitrogen and oxygen atoms in total. The summed E-state index contributed by atoms with van der Waals surface area (Å²) in [4.78, 5) is 13.4. The molecule has 2 N–H and O–H groups in total. The van der Waals surface area contributed by atoms with E-state index in [1.165, 1.54) is 51.9 Å². The van der Waals surface area contributed by atoms with Crippen LogP contribution in [-0.4, -0.2) is 49.6 Å². The molecule has 17 heavy (non-hydrogen) atoms. The number of nitrogens with zero attached hydrogens (tertiary/aromatic N) is 1. The fourth-order valence-electron chi connectivity index (χ4n) is 2.89.